The number of phenols is 1. The van der Waals surface area contributed by atoms with Crippen LogP contribution in [-0.4, -0.2) is 50.0 Å². The first kappa shape index (κ1) is 45.9. The second-order valence-corrected chi connectivity index (χ2v) is 11.3. The Hall–Kier alpha value is -5.13. The molecule has 0 heterocycles. The highest BCUT2D eigenvalue weighted by atomic mass is 33.1. The minimum atomic E-state index is -0.889. The molecular formula is C34H41FN2O11S3. The van der Waals surface area contributed by atoms with Crippen LogP contribution in [0.25, 0.3) is 0 Å². The quantitative estimate of drug-likeness (QED) is 0.0829. The molecule has 0 atom stereocenters. The topological polar surface area (TPSA) is 162 Å². The number of aryl methyl sites for hydroxylation is 1. The summed E-state index contributed by atoms with van der Waals surface area (Å²) in [4.78, 5) is 20.1. The molecule has 0 saturated heterocycles. The maximum Gasteiger partial charge on any atom is 0.311 e. The van der Waals surface area contributed by atoms with Crippen molar-refractivity contribution < 1.29 is 47.8 Å². The zero-order valence-corrected chi connectivity index (χ0v) is 30.5. The van der Waals surface area contributed by atoms with E-state index in [9.17, 15) is 24.6 Å². The SMILES string of the molecule is C.CCCCOc1ccc(Oc2cc(OC)ccc2[N+](=O)[O-])c(OC)c1.COc1cc(C)ccc1O.COc1ccc([N+](=O)[O-])c(F)c1.S=S=S. The minimum Gasteiger partial charge on any atom is -0.504 e. The Morgan fingerprint density at radius 2 is 1.25 bits per heavy atom. The van der Waals surface area contributed by atoms with Gasteiger partial charge in [0.05, 0.1) is 44.9 Å². The molecule has 4 rings (SSSR count). The van der Waals surface area contributed by atoms with Crippen LogP contribution in [0.5, 0.6) is 46.0 Å². The Bertz CT molecular complexity index is 1740. The predicted molar refractivity (Wildman–Crippen MR) is 201 cm³/mol. The van der Waals surface area contributed by atoms with E-state index < -0.39 is 21.4 Å². The second kappa shape index (κ2) is 24.9. The van der Waals surface area contributed by atoms with Crippen LogP contribution in [0.4, 0.5) is 15.8 Å². The molecule has 51 heavy (non-hydrogen) atoms. The first-order chi connectivity index (χ1) is 23.9. The molecule has 0 aliphatic heterocycles. The van der Waals surface area contributed by atoms with Crippen LogP contribution in [0.15, 0.2) is 72.8 Å². The molecule has 0 bridgehead atoms. The number of aromatic hydroxyl groups is 1. The Kier molecular flexibility index (Phi) is 22.4. The van der Waals surface area contributed by atoms with Crippen molar-refractivity contribution in [3.05, 3.63) is 104 Å². The molecule has 0 unspecified atom stereocenters. The molecule has 0 saturated carbocycles. The van der Waals surface area contributed by atoms with Gasteiger partial charge in [-0.25, -0.2) is 0 Å². The summed E-state index contributed by atoms with van der Waals surface area (Å²) in [7, 11) is 6.79. The summed E-state index contributed by atoms with van der Waals surface area (Å²) in [6.07, 6.45) is 1.99. The molecule has 0 aromatic heterocycles. The molecule has 17 heteroatoms. The van der Waals surface area contributed by atoms with E-state index in [-0.39, 0.29) is 30.4 Å². The fourth-order valence-corrected chi connectivity index (χ4v) is 3.68. The van der Waals surface area contributed by atoms with Crippen molar-refractivity contribution in [3.8, 4) is 46.0 Å². The van der Waals surface area contributed by atoms with Gasteiger partial charge in [-0.15, -0.1) is 0 Å². The Balaban J connectivity index is 0.000000797. The van der Waals surface area contributed by atoms with Gasteiger partial charge in [-0.05, 0) is 55.3 Å². The average Bonchev–Trinajstić information content (AvgIpc) is 3.10. The maximum atomic E-state index is 12.8. The molecule has 0 amide bonds. The number of benzene rings is 4. The molecule has 0 aliphatic rings. The average molecular weight is 769 g/mol. The van der Waals surface area contributed by atoms with Crippen molar-refractivity contribution in [3.63, 3.8) is 0 Å². The van der Waals surface area contributed by atoms with Gasteiger partial charge in [0.15, 0.2) is 23.0 Å². The number of nitrogens with zero attached hydrogens (tertiary/aromatic N) is 2. The number of hydrogen-bond donors (Lipinski definition) is 1. The zero-order chi connectivity index (χ0) is 37.6. The third kappa shape index (κ3) is 16.0. The van der Waals surface area contributed by atoms with Crippen molar-refractivity contribution >= 4 is 42.6 Å². The third-order valence-electron chi connectivity index (χ3n) is 6.17. The molecule has 0 radical (unpaired) electrons. The molecule has 0 fully saturated rings. The van der Waals surface area contributed by atoms with E-state index in [1.807, 2.05) is 13.0 Å². The smallest absolute Gasteiger partial charge is 0.311 e. The van der Waals surface area contributed by atoms with Gasteiger partial charge in [0.1, 0.15) is 17.2 Å². The van der Waals surface area contributed by atoms with Gasteiger partial charge in [-0.3, -0.25) is 20.2 Å². The normalized spacial score (nSPS) is 9.31. The number of hydrogen-bond acceptors (Lipinski definition) is 13. The minimum absolute atomic E-state index is 0. The Labute approximate surface area is 309 Å². The van der Waals surface area contributed by atoms with Gasteiger partial charge in [-0.1, -0.05) is 26.8 Å². The van der Waals surface area contributed by atoms with Gasteiger partial charge in [0.25, 0.3) is 0 Å². The molecule has 0 aliphatic carbocycles. The molecule has 278 valence electrons. The number of nitro groups is 2. The molecule has 0 spiro atoms. The molecule has 1 N–H and O–H groups in total. The fraction of sp³-hybridized carbons (Fsp3) is 0.294. The Morgan fingerprint density at radius 3 is 1.75 bits per heavy atom. The number of ether oxygens (including phenoxy) is 6. The molecule has 4 aromatic carbocycles. The van der Waals surface area contributed by atoms with Gasteiger partial charge in [-0.2, -0.15) is 4.39 Å². The summed E-state index contributed by atoms with van der Waals surface area (Å²) in [5.41, 5.74) is 0.372. The van der Waals surface area contributed by atoms with E-state index >= 15 is 0 Å². The summed E-state index contributed by atoms with van der Waals surface area (Å²) >= 11 is 8.25. The first-order valence-corrected chi connectivity index (χ1v) is 17.1. The Morgan fingerprint density at radius 1 is 0.725 bits per heavy atom. The van der Waals surface area contributed by atoms with Gasteiger partial charge < -0.3 is 33.5 Å². The second-order valence-electron chi connectivity index (χ2n) is 9.53. The van der Waals surface area contributed by atoms with E-state index in [0.717, 1.165) is 39.4 Å². The predicted octanol–water partition coefficient (Wildman–Crippen LogP) is 8.66. The first-order valence-electron chi connectivity index (χ1n) is 14.4. The summed E-state index contributed by atoms with van der Waals surface area (Å²) in [6, 6.07) is 18.0. The van der Waals surface area contributed by atoms with Gasteiger partial charge in [0.2, 0.25) is 11.6 Å². The van der Waals surface area contributed by atoms with Crippen LogP contribution >= 0.6 is 0 Å². The lowest BCUT2D eigenvalue weighted by atomic mass is 10.2. The van der Waals surface area contributed by atoms with Crippen LogP contribution < -0.4 is 28.4 Å². The largest absolute Gasteiger partial charge is 0.504 e. The highest BCUT2D eigenvalue weighted by molar-refractivity contribution is 8.37. The summed E-state index contributed by atoms with van der Waals surface area (Å²) in [6.45, 7) is 4.64. The molecule has 13 nitrogen and oxygen atoms in total. The third-order valence-corrected chi connectivity index (χ3v) is 6.17. The van der Waals surface area contributed by atoms with Crippen LogP contribution in [0.1, 0.15) is 32.8 Å². The summed E-state index contributed by atoms with van der Waals surface area (Å²) < 4.78 is 44.1. The number of halogens is 1. The summed E-state index contributed by atoms with van der Waals surface area (Å²) in [5.74, 6) is 2.04. The lowest BCUT2D eigenvalue weighted by Crippen LogP contribution is -1.99. The van der Waals surface area contributed by atoms with E-state index in [0.29, 0.717) is 35.4 Å². The van der Waals surface area contributed by atoms with Crippen molar-refractivity contribution in [1.29, 1.82) is 0 Å². The van der Waals surface area contributed by atoms with E-state index in [1.165, 1.54) is 52.7 Å². The molecule has 4 aromatic rings. The number of rotatable bonds is 12. The van der Waals surface area contributed by atoms with Gasteiger partial charge in [0, 0.05) is 61.6 Å². The highest BCUT2D eigenvalue weighted by Gasteiger charge is 2.19. The standard InChI is InChI=1S/C18H21NO6.C8H10O2.C7H6FNO3.CH4.S3/c1-4-5-10-24-14-7-9-16(18(12-14)23-3)25-17-11-13(22-2)6-8-15(17)19(20)21;1-6-3-4-7(9)8(5-6)10-2;1-12-5-2-3-7(9(10)11)6(8)4-5;;1-3-2/h6-9,11-12H,4-5,10H2,1-3H3;3-5,9H,1-2H3;2-4H,1H3;1H4;. The van der Waals surface area contributed by atoms with Crippen molar-refractivity contribution in [2.75, 3.05) is 35.0 Å². The van der Waals surface area contributed by atoms with E-state index in [1.54, 1.807) is 30.3 Å². The van der Waals surface area contributed by atoms with Crippen LogP contribution in [0.3, 0.4) is 0 Å². The van der Waals surface area contributed by atoms with E-state index in [4.69, 9.17) is 28.8 Å². The molecular weight excluding hydrogens is 728 g/mol. The maximum absolute atomic E-state index is 12.8. The van der Waals surface area contributed by atoms with Crippen molar-refractivity contribution in [2.45, 2.75) is 34.1 Å². The number of methoxy groups -OCH3 is 4. The van der Waals surface area contributed by atoms with E-state index in [2.05, 4.69) is 34.0 Å². The zero-order valence-electron chi connectivity index (χ0n) is 28.1. The summed E-state index contributed by atoms with van der Waals surface area (Å²) in [5, 5.41) is 30.5. The number of nitro benzene ring substituents is 2. The number of unbranched alkanes of at least 4 members (excludes halogenated alkanes) is 1. The van der Waals surface area contributed by atoms with Gasteiger partial charge >= 0.3 is 11.4 Å². The van der Waals surface area contributed by atoms with Crippen LogP contribution in [-0.2, 0) is 31.3 Å². The lowest BCUT2D eigenvalue weighted by Gasteiger charge is -2.13. The monoisotopic (exact) mass is 768 g/mol. The van der Waals surface area contributed by atoms with Crippen molar-refractivity contribution in [2.24, 2.45) is 0 Å². The lowest BCUT2D eigenvalue weighted by molar-refractivity contribution is -0.387. The van der Waals surface area contributed by atoms with Crippen LogP contribution in [0.2, 0.25) is 0 Å². The highest BCUT2D eigenvalue weighted by Crippen LogP contribution is 2.39. The fourth-order valence-electron chi connectivity index (χ4n) is 3.68. The van der Waals surface area contributed by atoms with Crippen LogP contribution in [0, 0.1) is 33.0 Å². The van der Waals surface area contributed by atoms with Crippen molar-refractivity contribution in [1.82, 2.24) is 0 Å². The number of phenolic OH excluding ortho intramolecular Hbond substituents is 1.